The van der Waals surface area contributed by atoms with E-state index in [1.807, 2.05) is 13.0 Å². The molecule has 0 N–H and O–H groups in total. The molecule has 154 valence electrons. The van der Waals surface area contributed by atoms with E-state index in [9.17, 15) is 13.2 Å². The van der Waals surface area contributed by atoms with Crippen LogP contribution in [0, 0.1) is 17.5 Å². The van der Waals surface area contributed by atoms with Crippen LogP contribution >= 0.6 is 0 Å². The van der Waals surface area contributed by atoms with Crippen molar-refractivity contribution in [3.8, 4) is 11.5 Å². The van der Waals surface area contributed by atoms with E-state index < -0.39 is 17.5 Å². The predicted molar refractivity (Wildman–Crippen MR) is 109 cm³/mol. The summed E-state index contributed by atoms with van der Waals surface area (Å²) >= 11 is 0. The number of ether oxygens (including phenoxy) is 2. The second kappa shape index (κ2) is 7.86. The van der Waals surface area contributed by atoms with Crippen LogP contribution in [-0.2, 0) is 6.42 Å². The Hall–Kier alpha value is -3.28. The van der Waals surface area contributed by atoms with Gasteiger partial charge >= 0.3 is 0 Å². The summed E-state index contributed by atoms with van der Waals surface area (Å²) in [5.41, 5.74) is 2.79. The molecule has 0 fully saturated rings. The number of hydrogen-bond acceptors (Lipinski definition) is 2. The van der Waals surface area contributed by atoms with Crippen molar-refractivity contribution >= 4 is 11.4 Å². The van der Waals surface area contributed by atoms with Gasteiger partial charge in [0, 0.05) is 18.6 Å². The van der Waals surface area contributed by atoms with Crippen molar-refractivity contribution in [1.82, 2.24) is 0 Å². The Kier molecular flexibility index (Phi) is 5.24. The molecular weight excluding hydrogens is 391 g/mol. The van der Waals surface area contributed by atoms with Gasteiger partial charge in [-0.3, -0.25) is 0 Å². The first-order valence-corrected chi connectivity index (χ1v) is 9.55. The molecule has 3 aromatic rings. The summed E-state index contributed by atoms with van der Waals surface area (Å²) in [5.74, 6) is -0.777. The van der Waals surface area contributed by atoms with Crippen LogP contribution in [0.2, 0.25) is 0 Å². The van der Waals surface area contributed by atoms with Crippen molar-refractivity contribution in [2.75, 3.05) is 14.2 Å². The fraction of sp³-hybridized carbons (Fsp3) is 0.208. The van der Waals surface area contributed by atoms with Crippen molar-refractivity contribution in [2.24, 2.45) is 0 Å². The van der Waals surface area contributed by atoms with E-state index in [1.54, 1.807) is 36.0 Å². The highest BCUT2D eigenvalue weighted by atomic mass is 19.1. The van der Waals surface area contributed by atoms with Crippen LogP contribution in [0.3, 0.4) is 0 Å². The zero-order valence-electron chi connectivity index (χ0n) is 16.9. The topological polar surface area (TPSA) is 21.5 Å². The van der Waals surface area contributed by atoms with Crippen LogP contribution < -0.4 is 9.47 Å². The Balaban J connectivity index is 2.10. The highest BCUT2D eigenvalue weighted by Crippen LogP contribution is 2.37. The number of halogens is 3. The number of hydrogen-bond donors (Lipinski definition) is 0. The Labute approximate surface area is 173 Å². The largest absolute Gasteiger partial charge is 0.493 e. The minimum Gasteiger partial charge on any atom is -0.493 e. The Morgan fingerprint density at radius 2 is 1.50 bits per heavy atom. The number of para-hydroxylation sites is 1. The number of nitrogens with zero attached hydrogens (tertiary/aromatic N) is 1. The van der Waals surface area contributed by atoms with Gasteiger partial charge in [-0.2, -0.15) is 8.97 Å². The van der Waals surface area contributed by atoms with Gasteiger partial charge in [0.1, 0.15) is 11.6 Å². The molecule has 3 aromatic carbocycles. The van der Waals surface area contributed by atoms with Gasteiger partial charge in [0.2, 0.25) is 11.4 Å². The van der Waals surface area contributed by atoms with Gasteiger partial charge in [0.25, 0.3) is 0 Å². The normalized spacial score (nSPS) is 15.7. The quantitative estimate of drug-likeness (QED) is 0.546. The third-order valence-corrected chi connectivity index (χ3v) is 5.31. The average molecular weight is 412 g/mol. The Morgan fingerprint density at radius 3 is 2.13 bits per heavy atom. The van der Waals surface area contributed by atoms with Gasteiger partial charge in [-0.1, -0.05) is 12.1 Å². The highest BCUT2D eigenvalue weighted by molar-refractivity contribution is 6.12. The number of methoxy groups -OCH3 is 2. The first-order chi connectivity index (χ1) is 14.4. The van der Waals surface area contributed by atoms with Gasteiger partial charge in [0.15, 0.2) is 23.4 Å². The van der Waals surface area contributed by atoms with E-state index in [0.29, 0.717) is 40.4 Å². The summed E-state index contributed by atoms with van der Waals surface area (Å²) in [7, 11) is 3.07. The lowest BCUT2D eigenvalue weighted by Crippen LogP contribution is -2.35. The van der Waals surface area contributed by atoms with Crippen LogP contribution in [0.25, 0.3) is 0 Å². The molecule has 0 amide bonds. The van der Waals surface area contributed by atoms with Crippen molar-refractivity contribution < 1.29 is 27.2 Å². The minimum absolute atomic E-state index is 0.172. The lowest BCUT2D eigenvalue weighted by molar-refractivity contribution is -0.483. The summed E-state index contributed by atoms with van der Waals surface area (Å²) in [5, 5.41) is 0. The van der Waals surface area contributed by atoms with Gasteiger partial charge in [-0.15, -0.1) is 0 Å². The van der Waals surface area contributed by atoms with Crippen LogP contribution in [0.4, 0.5) is 18.9 Å². The molecule has 6 heteroatoms. The van der Waals surface area contributed by atoms with Gasteiger partial charge in [-0.25, -0.2) is 8.78 Å². The second-order valence-corrected chi connectivity index (χ2v) is 7.25. The minimum atomic E-state index is -0.703. The standard InChI is InChI=1S/C24H21F3NO2/c1-14-8-15-11-22(29-2)23(30-3)13-19(15)24(16-9-17(25)12-18(26)10-16)28(14)21-7-5-4-6-20(21)27/h4-7,9-14H,8H2,1-3H3/q+1. The number of fused-ring (bicyclic) bond motifs is 1. The average Bonchev–Trinajstić information content (AvgIpc) is 2.71. The molecule has 0 saturated heterocycles. The van der Waals surface area contributed by atoms with Gasteiger partial charge < -0.3 is 9.47 Å². The maximum absolute atomic E-state index is 14.8. The van der Waals surface area contributed by atoms with E-state index >= 15 is 0 Å². The first-order valence-electron chi connectivity index (χ1n) is 9.55. The zero-order chi connectivity index (χ0) is 21.4. The van der Waals surface area contributed by atoms with Gasteiger partial charge in [-0.05, 0) is 42.8 Å². The molecule has 0 radical (unpaired) electrons. The van der Waals surface area contributed by atoms with Crippen molar-refractivity contribution in [3.63, 3.8) is 0 Å². The van der Waals surface area contributed by atoms with Crippen molar-refractivity contribution in [1.29, 1.82) is 0 Å². The fourth-order valence-corrected chi connectivity index (χ4v) is 4.06. The Morgan fingerprint density at radius 1 is 0.867 bits per heavy atom. The molecule has 0 saturated carbocycles. The van der Waals surface area contributed by atoms with Crippen molar-refractivity contribution in [3.05, 3.63) is 88.7 Å². The second-order valence-electron chi connectivity index (χ2n) is 7.25. The molecule has 0 aliphatic carbocycles. The smallest absolute Gasteiger partial charge is 0.242 e. The van der Waals surface area contributed by atoms with E-state index in [4.69, 9.17) is 9.47 Å². The predicted octanol–water partition coefficient (Wildman–Crippen LogP) is 5.25. The van der Waals surface area contributed by atoms with Crippen molar-refractivity contribution in [2.45, 2.75) is 19.4 Å². The molecule has 3 nitrogen and oxygen atoms in total. The molecule has 1 unspecified atom stereocenters. The van der Waals surface area contributed by atoms with E-state index in [-0.39, 0.29) is 6.04 Å². The molecule has 1 heterocycles. The van der Waals surface area contributed by atoms with Crippen LogP contribution in [-0.4, -0.2) is 30.5 Å². The molecule has 4 rings (SSSR count). The van der Waals surface area contributed by atoms with E-state index in [1.165, 1.54) is 25.3 Å². The molecule has 1 atom stereocenters. The Bertz CT molecular complexity index is 1140. The van der Waals surface area contributed by atoms with Gasteiger partial charge in [0.05, 0.1) is 25.3 Å². The molecule has 30 heavy (non-hydrogen) atoms. The molecule has 1 aliphatic rings. The lowest BCUT2D eigenvalue weighted by Gasteiger charge is -2.25. The summed E-state index contributed by atoms with van der Waals surface area (Å²) in [6.45, 7) is 1.95. The third-order valence-electron chi connectivity index (χ3n) is 5.31. The van der Waals surface area contributed by atoms with E-state index in [0.717, 1.165) is 11.6 Å². The maximum atomic E-state index is 14.8. The summed E-state index contributed by atoms with van der Waals surface area (Å²) in [6, 6.07) is 13.2. The van der Waals surface area contributed by atoms with Crippen LogP contribution in [0.15, 0.2) is 54.6 Å². The van der Waals surface area contributed by atoms with Crippen LogP contribution in [0.5, 0.6) is 11.5 Å². The number of rotatable bonds is 4. The molecular formula is C24H21F3NO2+. The molecule has 0 spiro atoms. The monoisotopic (exact) mass is 412 g/mol. The fourth-order valence-electron chi connectivity index (χ4n) is 4.06. The summed E-state index contributed by atoms with van der Waals surface area (Å²) < 4.78 is 55.7. The lowest BCUT2D eigenvalue weighted by atomic mass is 9.88. The molecule has 0 bridgehead atoms. The SMILES string of the molecule is COc1cc2c(cc1OC)C(c1cc(F)cc(F)c1)=[N+](c1ccccc1F)C(C)C2. The molecule has 1 aliphatic heterocycles. The third kappa shape index (κ3) is 3.43. The molecule has 0 aromatic heterocycles. The maximum Gasteiger partial charge on any atom is 0.242 e. The zero-order valence-corrected chi connectivity index (χ0v) is 16.9. The first kappa shape index (κ1) is 20.0. The van der Waals surface area contributed by atoms with Crippen LogP contribution in [0.1, 0.15) is 23.6 Å². The summed E-state index contributed by atoms with van der Waals surface area (Å²) in [4.78, 5) is 0. The highest BCUT2D eigenvalue weighted by Gasteiger charge is 2.36. The number of benzene rings is 3. The van der Waals surface area contributed by atoms with E-state index in [2.05, 4.69) is 0 Å². The summed E-state index contributed by atoms with van der Waals surface area (Å²) in [6.07, 6.45) is 0.589.